The topological polar surface area (TPSA) is 113 Å². The van der Waals surface area contributed by atoms with Gasteiger partial charge in [0, 0.05) is 49.8 Å². The summed E-state index contributed by atoms with van der Waals surface area (Å²) in [5, 5.41) is 10.3. The molecule has 0 radical (unpaired) electrons. The number of methoxy groups -OCH3 is 7. The Kier molecular flexibility index (Phi) is 10.8. The fraction of sp³-hybridized carbons (Fsp3) is 1.00. The van der Waals surface area contributed by atoms with E-state index in [2.05, 4.69) is 0 Å². The Hall–Kier alpha value is -0.440. The highest BCUT2D eigenvalue weighted by Crippen LogP contribution is 2.33. The summed E-state index contributed by atoms with van der Waals surface area (Å²) >= 11 is 0. The van der Waals surface area contributed by atoms with E-state index in [1.54, 1.807) is 28.4 Å². The first kappa shape index (κ1) is 25.8. The van der Waals surface area contributed by atoms with E-state index in [9.17, 15) is 5.11 Å². The molecule has 10 atom stereocenters. The number of hydrogen-bond acceptors (Lipinski definition) is 11. The third-order valence-electron chi connectivity index (χ3n) is 5.51. The van der Waals surface area contributed by atoms with Crippen LogP contribution in [-0.4, -0.2) is 130 Å². The molecule has 0 aromatic rings. The Labute approximate surface area is 177 Å². The normalized spacial score (nSPS) is 42.4. The zero-order valence-electron chi connectivity index (χ0n) is 18.7. The average Bonchev–Trinajstić information content (AvgIpc) is 2.74. The molecule has 2 fully saturated rings. The molecule has 0 aromatic heterocycles. The van der Waals surface area contributed by atoms with E-state index >= 15 is 0 Å². The van der Waals surface area contributed by atoms with Crippen LogP contribution >= 0.6 is 0 Å². The molecule has 30 heavy (non-hydrogen) atoms. The molecule has 0 unspecified atom stereocenters. The molecule has 11 heteroatoms. The summed E-state index contributed by atoms with van der Waals surface area (Å²) in [5.74, 6) is 0. The standard InChI is InChI=1S/C19H36O11/c1-21-8-10-12(23-3)14(24-4)17(27-7)19(29-10)30-13-11(9-22-2)28-18(20)16(26-6)15(13)25-5/h10-20H,8-9H2,1-7H3/t10-,11-,12+,13+,14-,15+,16+,17+,18-,19-/m0/s1. The lowest BCUT2D eigenvalue weighted by Crippen LogP contribution is -2.65. The van der Waals surface area contributed by atoms with Gasteiger partial charge in [0.2, 0.25) is 0 Å². The summed E-state index contributed by atoms with van der Waals surface area (Å²) in [5.41, 5.74) is 0. The lowest BCUT2D eigenvalue weighted by molar-refractivity contribution is -0.363. The van der Waals surface area contributed by atoms with Crippen LogP contribution in [0.5, 0.6) is 0 Å². The molecule has 11 nitrogen and oxygen atoms in total. The Morgan fingerprint density at radius 2 is 1.03 bits per heavy atom. The van der Waals surface area contributed by atoms with Gasteiger partial charge in [-0.15, -0.1) is 0 Å². The summed E-state index contributed by atoms with van der Waals surface area (Å²) in [6, 6.07) is 0. The molecule has 2 rings (SSSR count). The Morgan fingerprint density at radius 1 is 0.567 bits per heavy atom. The maximum absolute atomic E-state index is 10.3. The van der Waals surface area contributed by atoms with Crippen molar-refractivity contribution in [2.24, 2.45) is 0 Å². The minimum atomic E-state index is -1.20. The number of ether oxygens (including phenoxy) is 10. The molecule has 178 valence electrons. The first-order valence-electron chi connectivity index (χ1n) is 9.77. The predicted octanol–water partition coefficient (Wildman–Crippen LogP) is -0.818. The summed E-state index contributed by atoms with van der Waals surface area (Å²) in [6.07, 6.45) is -6.77. The fourth-order valence-electron chi connectivity index (χ4n) is 4.12. The van der Waals surface area contributed by atoms with Gasteiger partial charge in [-0.05, 0) is 0 Å². The van der Waals surface area contributed by atoms with Gasteiger partial charge in [-0.2, -0.15) is 0 Å². The number of aliphatic hydroxyl groups excluding tert-OH is 1. The first-order valence-corrected chi connectivity index (χ1v) is 9.77. The van der Waals surface area contributed by atoms with Crippen molar-refractivity contribution in [1.82, 2.24) is 0 Å². The van der Waals surface area contributed by atoms with Crippen LogP contribution in [0, 0.1) is 0 Å². The van der Waals surface area contributed by atoms with Crippen molar-refractivity contribution < 1.29 is 52.5 Å². The second-order valence-corrected chi connectivity index (χ2v) is 7.12. The molecule has 0 bridgehead atoms. The van der Waals surface area contributed by atoms with Gasteiger partial charge in [-0.25, -0.2) is 0 Å². The zero-order chi connectivity index (χ0) is 22.3. The minimum Gasteiger partial charge on any atom is -0.382 e. The van der Waals surface area contributed by atoms with E-state index < -0.39 is 61.4 Å². The van der Waals surface area contributed by atoms with Crippen LogP contribution in [0.2, 0.25) is 0 Å². The largest absolute Gasteiger partial charge is 0.382 e. The molecular formula is C19H36O11. The molecule has 0 amide bonds. The van der Waals surface area contributed by atoms with Crippen molar-refractivity contribution in [1.29, 1.82) is 0 Å². The summed E-state index contributed by atoms with van der Waals surface area (Å²) in [6.45, 7) is 0.433. The van der Waals surface area contributed by atoms with Crippen molar-refractivity contribution in [3.05, 3.63) is 0 Å². The van der Waals surface area contributed by atoms with Crippen LogP contribution in [-0.2, 0) is 47.4 Å². The molecule has 0 aromatic carbocycles. The number of rotatable bonds is 11. The van der Waals surface area contributed by atoms with Gasteiger partial charge in [0.25, 0.3) is 0 Å². The third-order valence-corrected chi connectivity index (χ3v) is 5.51. The molecule has 0 spiro atoms. The second kappa shape index (κ2) is 12.6. The lowest BCUT2D eigenvalue weighted by Gasteiger charge is -2.48. The SMILES string of the molecule is COC[C@@H]1O[C@@H](O[C@H]2[C@@H](OC)[C@@H](OC)[C@@H](O)O[C@H]2COC)[C@H](OC)[C@@H](OC)[C@@H]1OC. The smallest absolute Gasteiger partial charge is 0.187 e. The molecule has 2 heterocycles. The molecule has 0 saturated carbocycles. The fourth-order valence-corrected chi connectivity index (χ4v) is 4.12. The highest BCUT2D eigenvalue weighted by Gasteiger charge is 2.52. The van der Waals surface area contributed by atoms with Crippen LogP contribution in [0.4, 0.5) is 0 Å². The minimum absolute atomic E-state index is 0.165. The van der Waals surface area contributed by atoms with E-state index in [0.717, 1.165) is 0 Å². The van der Waals surface area contributed by atoms with Gasteiger partial charge in [-0.3, -0.25) is 0 Å². The molecule has 2 aliphatic rings. The third kappa shape index (κ3) is 5.48. The quantitative estimate of drug-likeness (QED) is 0.435. The van der Waals surface area contributed by atoms with Crippen LogP contribution < -0.4 is 0 Å². The lowest BCUT2D eigenvalue weighted by atomic mass is 9.96. The Morgan fingerprint density at radius 3 is 1.50 bits per heavy atom. The van der Waals surface area contributed by atoms with Gasteiger partial charge in [0.1, 0.15) is 48.8 Å². The average molecular weight is 440 g/mol. The maximum atomic E-state index is 10.3. The molecule has 1 N–H and O–H groups in total. The van der Waals surface area contributed by atoms with Crippen molar-refractivity contribution in [3.63, 3.8) is 0 Å². The van der Waals surface area contributed by atoms with Crippen LogP contribution in [0.1, 0.15) is 0 Å². The van der Waals surface area contributed by atoms with Crippen molar-refractivity contribution in [2.75, 3.05) is 63.0 Å². The molecule has 2 saturated heterocycles. The van der Waals surface area contributed by atoms with Crippen molar-refractivity contribution in [2.45, 2.75) is 61.4 Å². The van der Waals surface area contributed by atoms with Crippen molar-refractivity contribution >= 4 is 0 Å². The number of hydrogen-bond donors (Lipinski definition) is 1. The van der Waals surface area contributed by atoms with E-state index in [0.29, 0.717) is 0 Å². The van der Waals surface area contributed by atoms with Gasteiger partial charge in [-0.1, -0.05) is 0 Å². The van der Waals surface area contributed by atoms with Crippen LogP contribution in [0.3, 0.4) is 0 Å². The van der Waals surface area contributed by atoms with Crippen LogP contribution in [0.25, 0.3) is 0 Å². The van der Waals surface area contributed by atoms with Gasteiger partial charge >= 0.3 is 0 Å². The number of aliphatic hydroxyl groups is 1. The van der Waals surface area contributed by atoms with Gasteiger partial charge in [0.05, 0.1) is 13.2 Å². The van der Waals surface area contributed by atoms with Crippen LogP contribution in [0.15, 0.2) is 0 Å². The zero-order valence-corrected chi connectivity index (χ0v) is 18.7. The van der Waals surface area contributed by atoms with Gasteiger partial charge < -0.3 is 52.5 Å². The molecule has 2 aliphatic heterocycles. The highest BCUT2D eigenvalue weighted by molar-refractivity contribution is 4.96. The highest BCUT2D eigenvalue weighted by atomic mass is 16.7. The Balaban J connectivity index is 2.31. The summed E-state index contributed by atoms with van der Waals surface area (Å²) in [4.78, 5) is 0. The van der Waals surface area contributed by atoms with E-state index in [4.69, 9.17) is 47.4 Å². The van der Waals surface area contributed by atoms with E-state index in [1.807, 2.05) is 0 Å². The predicted molar refractivity (Wildman–Crippen MR) is 102 cm³/mol. The second-order valence-electron chi connectivity index (χ2n) is 7.12. The molecule has 0 aliphatic carbocycles. The summed E-state index contributed by atoms with van der Waals surface area (Å²) in [7, 11) is 10.8. The van der Waals surface area contributed by atoms with E-state index in [1.165, 1.54) is 21.3 Å². The van der Waals surface area contributed by atoms with Gasteiger partial charge in [0.15, 0.2) is 12.6 Å². The molecular weight excluding hydrogens is 404 g/mol. The summed E-state index contributed by atoms with van der Waals surface area (Å²) < 4.78 is 56.6. The first-order chi connectivity index (χ1) is 14.5. The Bertz CT molecular complexity index is 481. The van der Waals surface area contributed by atoms with E-state index in [-0.39, 0.29) is 13.2 Å². The van der Waals surface area contributed by atoms with Crippen molar-refractivity contribution in [3.8, 4) is 0 Å². The monoisotopic (exact) mass is 440 g/mol. The maximum Gasteiger partial charge on any atom is 0.187 e.